The summed E-state index contributed by atoms with van der Waals surface area (Å²) in [5.74, 6) is 1.56. The van der Waals surface area contributed by atoms with Crippen molar-refractivity contribution in [3.63, 3.8) is 0 Å². The molecule has 16 heavy (non-hydrogen) atoms. The molecule has 1 unspecified atom stereocenters. The second-order valence-electron chi connectivity index (χ2n) is 5.41. The molecule has 1 atom stereocenters. The van der Waals surface area contributed by atoms with Gasteiger partial charge in [0.25, 0.3) is 0 Å². The third-order valence-corrected chi connectivity index (χ3v) is 3.93. The normalized spacial score (nSPS) is 13.6. The van der Waals surface area contributed by atoms with Crippen LogP contribution in [-0.4, -0.2) is 11.5 Å². The topological polar surface area (TPSA) is 24.9 Å². The molecular weight excluding hydrogens is 264 g/mol. The van der Waals surface area contributed by atoms with Gasteiger partial charge in [-0.15, -0.1) is 0 Å². The van der Waals surface area contributed by atoms with Crippen molar-refractivity contribution >= 4 is 21.7 Å². The first-order valence-electron chi connectivity index (χ1n) is 5.67. The highest BCUT2D eigenvalue weighted by Gasteiger charge is 2.19. The van der Waals surface area contributed by atoms with Gasteiger partial charge in [-0.3, -0.25) is 0 Å². The number of rotatable bonds is 3. The van der Waals surface area contributed by atoms with Crippen LogP contribution in [0.5, 0.6) is 0 Å². The Kier molecular flexibility index (Phi) is 4.36. The van der Waals surface area contributed by atoms with Crippen LogP contribution in [0.3, 0.4) is 0 Å². The SMILES string of the molecule is Cc1nc(NCC(C)C(C)(C)C)ccc1Br. The van der Waals surface area contributed by atoms with Gasteiger partial charge in [0.1, 0.15) is 5.82 Å². The summed E-state index contributed by atoms with van der Waals surface area (Å²) in [5, 5.41) is 3.39. The van der Waals surface area contributed by atoms with E-state index in [1.807, 2.05) is 19.1 Å². The molecule has 2 nitrogen and oxygen atoms in total. The van der Waals surface area contributed by atoms with Gasteiger partial charge in [-0.05, 0) is 46.3 Å². The summed E-state index contributed by atoms with van der Waals surface area (Å²) >= 11 is 3.45. The molecule has 1 N–H and O–H groups in total. The molecule has 0 radical (unpaired) electrons. The molecule has 0 saturated heterocycles. The van der Waals surface area contributed by atoms with Gasteiger partial charge in [0.2, 0.25) is 0 Å². The van der Waals surface area contributed by atoms with E-state index >= 15 is 0 Å². The second-order valence-corrected chi connectivity index (χ2v) is 6.27. The molecule has 3 heteroatoms. The number of hydrogen-bond donors (Lipinski definition) is 1. The number of pyridine rings is 1. The smallest absolute Gasteiger partial charge is 0.126 e. The molecule has 0 saturated carbocycles. The van der Waals surface area contributed by atoms with Crippen molar-refractivity contribution < 1.29 is 0 Å². The number of aromatic nitrogens is 1. The van der Waals surface area contributed by atoms with Crippen LogP contribution in [0, 0.1) is 18.3 Å². The van der Waals surface area contributed by atoms with Gasteiger partial charge in [0.15, 0.2) is 0 Å². The van der Waals surface area contributed by atoms with Crippen molar-refractivity contribution in [2.45, 2.75) is 34.6 Å². The summed E-state index contributed by atoms with van der Waals surface area (Å²) in [5.41, 5.74) is 1.35. The number of aryl methyl sites for hydroxylation is 1. The molecule has 0 aliphatic heterocycles. The average Bonchev–Trinajstić information content (AvgIpc) is 2.18. The third-order valence-electron chi connectivity index (χ3n) is 3.09. The predicted octanol–water partition coefficient (Wildman–Crippen LogP) is 4.25. The van der Waals surface area contributed by atoms with E-state index < -0.39 is 0 Å². The molecule has 1 aromatic rings. The molecule has 1 rings (SSSR count). The largest absolute Gasteiger partial charge is 0.370 e. The van der Waals surface area contributed by atoms with Crippen molar-refractivity contribution in [3.8, 4) is 0 Å². The zero-order valence-corrected chi connectivity index (χ0v) is 12.4. The summed E-state index contributed by atoms with van der Waals surface area (Å²) in [6.45, 7) is 12.0. The maximum Gasteiger partial charge on any atom is 0.126 e. The van der Waals surface area contributed by atoms with Gasteiger partial charge in [0.05, 0.1) is 5.69 Å². The van der Waals surface area contributed by atoms with E-state index in [2.05, 4.69) is 53.9 Å². The Morgan fingerprint density at radius 3 is 2.50 bits per heavy atom. The van der Waals surface area contributed by atoms with Crippen LogP contribution in [0.2, 0.25) is 0 Å². The molecule has 0 spiro atoms. The van der Waals surface area contributed by atoms with E-state index in [9.17, 15) is 0 Å². The Labute approximate surface area is 107 Å². The lowest BCUT2D eigenvalue weighted by Crippen LogP contribution is -2.25. The highest BCUT2D eigenvalue weighted by molar-refractivity contribution is 9.10. The van der Waals surface area contributed by atoms with Crippen LogP contribution < -0.4 is 5.32 Å². The summed E-state index contributed by atoms with van der Waals surface area (Å²) in [7, 11) is 0. The lowest BCUT2D eigenvalue weighted by Gasteiger charge is -2.27. The van der Waals surface area contributed by atoms with Gasteiger partial charge in [0, 0.05) is 11.0 Å². The van der Waals surface area contributed by atoms with Crippen LogP contribution >= 0.6 is 15.9 Å². The number of hydrogen-bond acceptors (Lipinski definition) is 2. The minimum atomic E-state index is 0.331. The molecule has 0 aliphatic carbocycles. The third kappa shape index (κ3) is 3.78. The van der Waals surface area contributed by atoms with E-state index in [1.54, 1.807) is 0 Å². The van der Waals surface area contributed by atoms with Gasteiger partial charge in [-0.25, -0.2) is 4.98 Å². The molecule has 0 fully saturated rings. The molecule has 1 heterocycles. The average molecular weight is 285 g/mol. The highest BCUT2D eigenvalue weighted by Crippen LogP contribution is 2.25. The van der Waals surface area contributed by atoms with E-state index in [1.165, 1.54) is 0 Å². The molecule has 0 bridgehead atoms. The van der Waals surface area contributed by atoms with Crippen molar-refractivity contribution in [1.82, 2.24) is 4.98 Å². The number of nitrogens with zero attached hydrogens (tertiary/aromatic N) is 1. The second kappa shape index (κ2) is 5.17. The van der Waals surface area contributed by atoms with Crippen LogP contribution in [0.1, 0.15) is 33.4 Å². The molecule has 0 amide bonds. The standard InChI is InChI=1S/C13H21BrN2/c1-9(13(3,4)5)8-15-12-7-6-11(14)10(2)16-12/h6-7,9H,8H2,1-5H3,(H,15,16). The maximum atomic E-state index is 4.47. The van der Waals surface area contributed by atoms with Gasteiger partial charge >= 0.3 is 0 Å². The van der Waals surface area contributed by atoms with Crippen molar-refractivity contribution in [3.05, 3.63) is 22.3 Å². The first-order valence-corrected chi connectivity index (χ1v) is 6.47. The molecule has 1 aromatic heterocycles. The maximum absolute atomic E-state index is 4.47. The Bertz CT molecular complexity index is 355. The van der Waals surface area contributed by atoms with Gasteiger partial charge in [-0.1, -0.05) is 27.7 Å². The fourth-order valence-electron chi connectivity index (χ4n) is 1.21. The zero-order chi connectivity index (χ0) is 12.3. The van der Waals surface area contributed by atoms with Crippen LogP contribution in [0.4, 0.5) is 5.82 Å². The zero-order valence-electron chi connectivity index (χ0n) is 10.8. The van der Waals surface area contributed by atoms with Crippen molar-refractivity contribution in [2.24, 2.45) is 11.3 Å². The summed E-state index contributed by atoms with van der Waals surface area (Å²) in [4.78, 5) is 4.47. The van der Waals surface area contributed by atoms with Crippen LogP contribution in [0.25, 0.3) is 0 Å². The van der Waals surface area contributed by atoms with Gasteiger partial charge in [-0.2, -0.15) is 0 Å². The first kappa shape index (κ1) is 13.5. The number of nitrogens with one attached hydrogen (secondary N) is 1. The minimum absolute atomic E-state index is 0.331. The van der Waals surface area contributed by atoms with Gasteiger partial charge < -0.3 is 5.32 Å². The van der Waals surface area contributed by atoms with Crippen molar-refractivity contribution in [2.75, 3.05) is 11.9 Å². The lowest BCUT2D eigenvalue weighted by atomic mass is 9.82. The summed E-state index contributed by atoms with van der Waals surface area (Å²) < 4.78 is 1.06. The minimum Gasteiger partial charge on any atom is -0.370 e. The number of halogens is 1. The quantitative estimate of drug-likeness (QED) is 0.898. The van der Waals surface area contributed by atoms with Crippen LogP contribution in [-0.2, 0) is 0 Å². The van der Waals surface area contributed by atoms with E-state index in [4.69, 9.17) is 0 Å². The van der Waals surface area contributed by atoms with E-state index in [0.717, 1.165) is 22.5 Å². The highest BCUT2D eigenvalue weighted by atomic mass is 79.9. The lowest BCUT2D eigenvalue weighted by molar-refractivity contribution is 0.274. The Morgan fingerprint density at radius 1 is 1.38 bits per heavy atom. The summed E-state index contributed by atoms with van der Waals surface area (Å²) in [6, 6.07) is 4.04. The molecular formula is C13H21BrN2. The first-order chi connectivity index (χ1) is 7.30. The van der Waals surface area contributed by atoms with E-state index in [-0.39, 0.29) is 0 Å². The monoisotopic (exact) mass is 284 g/mol. The van der Waals surface area contributed by atoms with E-state index in [0.29, 0.717) is 11.3 Å². The van der Waals surface area contributed by atoms with Crippen LogP contribution in [0.15, 0.2) is 16.6 Å². The predicted molar refractivity (Wildman–Crippen MR) is 73.8 cm³/mol. The molecule has 90 valence electrons. The summed E-state index contributed by atoms with van der Waals surface area (Å²) in [6.07, 6.45) is 0. The molecule has 0 aliphatic rings. The molecule has 0 aromatic carbocycles. The Balaban J connectivity index is 2.58. The number of anilines is 1. The fourth-order valence-corrected chi connectivity index (χ4v) is 1.43. The Hall–Kier alpha value is -0.570. The van der Waals surface area contributed by atoms with Crippen molar-refractivity contribution in [1.29, 1.82) is 0 Å². The fraction of sp³-hybridized carbons (Fsp3) is 0.615. The Morgan fingerprint density at radius 2 is 2.00 bits per heavy atom.